The molecule has 12 heteroatoms. The van der Waals surface area contributed by atoms with Crippen LogP contribution >= 0.6 is 11.3 Å². The number of aromatic nitrogens is 4. The minimum Gasteiger partial charge on any atom is -0.497 e. The summed E-state index contributed by atoms with van der Waals surface area (Å²) in [5, 5.41) is 4.31. The second kappa shape index (κ2) is 13.3. The highest BCUT2D eigenvalue weighted by Gasteiger charge is 2.18. The van der Waals surface area contributed by atoms with E-state index in [1.54, 1.807) is 23.8 Å². The van der Waals surface area contributed by atoms with Crippen LogP contribution in [0.3, 0.4) is 0 Å². The van der Waals surface area contributed by atoms with Gasteiger partial charge in [0, 0.05) is 22.2 Å². The first-order valence-electron chi connectivity index (χ1n) is 14.7. The van der Waals surface area contributed by atoms with Crippen LogP contribution in [0.25, 0.3) is 44.6 Å². The van der Waals surface area contributed by atoms with Gasteiger partial charge in [-0.2, -0.15) is 0 Å². The van der Waals surface area contributed by atoms with Crippen molar-refractivity contribution in [1.29, 1.82) is 0 Å². The van der Waals surface area contributed by atoms with Crippen LogP contribution in [0.2, 0.25) is 0 Å². The molecule has 0 bridgehead atoms. The third-order valence-electron chi connectivity index (χ3n) is 7.46. The van der Waals surface area contributed by atoms with Crippen LogP contribution in [0.15, 0.2) is 97.8 Å². The fourth-order valence-electron chi connectivity index (χ4n) is 5.12. The van der Waals surface area contributed by atoms with Crippen LogP contribution in [-0.2, 0) is 17.8 Å². The zero-order chi connectivity index (χ0) is 32.2. The molecule has 6 aromatic rings. The molecule has 0 aliphatic carbocycles. The summed E-state index contributed by atoms with van der Waals surface area (Å²) in [5.41, 5.74) is 6.48. The summed E-state index contributed by atoms with van der Waals surface area (Å²) in [5.74, 6) is 0.386. The maximum atomic E-state index is 14.1. The van der Waals surface area contributed by atoms with Gasteiger partial charge >= 0.3 is 11.4 Å². The number of ether oxygens (including phenoxy) is 1. The van der Waals surface area contributed by atoms with E-state index < -0.39 is 17.0 Å². The van der Waals surface area contributed by atoms with E-state index in [0.717, 1.165) is 38.1 Å². The van der Waals surface area contributed by atoms with Gasteiger partial charge in [0.05, 0.1) is 31.3 Å². The molecule has 3 aromatic heterocycles. The SMILES string of the molecule is CCONC(=Cn1c(=O)c2cc(CC)sc2n(Cc2ccc(-c3ccccc3-c3noc(=O)[nH]3)cc2)c1=O)c1ccc(OC)cc1. The molecule has 0 amide bonds. The molecule has 3 aromatic carbocycles. The number of nitrogens with zero attached hydrogens (tertiary/aromatic N) is 3. The summed E-state index contributed by atoms with van der Waals surface area (Å²) >= 11 is 1.44. The Bertz CT molecular complexity index is 2200. The highest BCUT2D eigenvalue weighted by Crippen LogP contribution is 2.30. The van der Waals surface area contributed by atoms with Crippen molar-refractivity contribution in [1.82, 2.24) is 24.8 Å². The van der Waals surface area contributed by atoms with Gasteiger partial charge in [0.15, 0.2) is 5.82 Å². The van der Waals surface area contributed by atoms with E-state index in [9.17, 15) is 14.4 Å². The lowest BCUT2D eigenvalue weighted by molar-refractivity contribution is 0.0902. The third-order valence-corrected chi connectivity index (χ3v) is 8.76. The van der Waals surface area contributed by atoms with Crippen LogP contribution in [0, 0.1) is 0 Å². The summed E-state index contributed by atoms with van der Waals surface area (Å²) in [4.78, 5) is 49.1. The van der Waals surface area contributed by atoms with Gasteiger partial charge < -0.3 is 4.74 Å². The third kappa shape index (κ3) is 6.08. The number of nitrogens with one attached hydrogen (secondary N) is 2. The lowest BCUT2D eigenvalue weighted by atomic mass is 9.98. The van der Waals surface area contributed by atoms with Crippen molar-refractivity contribution in [2.24, 2.45) is 0 Å². The van der Waals surface area contributed by atoms with Gasteiger partial charge in [-0.25, -0.2) is 14.2 Å². The number of aromatic amines is 1. The van der Waals surface area contributed by atoms with Crippen molar-refractivity contribution in [3.8, 4) is 28.3 Å². The molecule has 3 heterocycles. The summed E-state index contributed by atoms with van der Waals surface area (Å²) in [6.07, 6.45) is 2.21. The Morgan fingerprint density at radius 3 is 2.39 bits per heavy atom. The average molecular weight is 638 g/mol. The zero-order valence-corrected chi connectivity index (χ0v) is 26.2. The summed E-state index contributed by atoms with van der Waals surface area (Å²) in [7, 11) is 1.58. The number of H-pyrrole nitrogens is 1. The number of thiophene rings is 1. The average Bonchev–Trinajstić information content (AvgIpc) is 3.73. The van der Waals surface area contributed by atoms with Crippen molar-refractivity contribution < 1.29 is 14.1 Å². The highest BCUT2D eigenvalue weighted by molar-refractivity contribution is 7.18. The molecule has 0 spiro atoms. The van der Waals surface area contributed by atoms with Gasteiger partial charge in [-0.1, -0.05) is 60.6 Å². The molecule has 0 aliphatic heterocycles. The van der Waals surface area contributed by atoms with Crippen LogP contribution < -0.4 is 27.2 Å². The van der Waals surface area contributed by atoms with Gasteiger partial charge in [0.2, 0.25) is 0 Å². The monoisotopic (exact) mass is 637 g/mol. The number of hydroxylamine groups is 1. The van der Waals surface area contributed by atoms with E-state index in [0.29, 0.717) is 39.7 Å². The van der Waals surface area contributed by atoms with Gasteiger partial charge in [-0.3, -0.25) is 29.2 Å². The van der Waals surface area contributed by atoms with E-state index >= 15 is 0 Å². The quantitative estimate of drug-likeness (QED) is 0.182. The number of aryl methyl sites for hydroxylation is 1. The molecule has 0 atom stereocenters. The number of rotatable bonds is 11. The Hall–Kier alpha value is -5.46. The van der Waals surface area contributed by atoms with Crippen molar-refractivity contribution in [3.63, 3.8) is 0 Å². The van der Waals surface area contributed by atoms with Crippen LogP contribution in [0.5, 0.6) is 5.75 Å². The molecule has 0 saturated carbocycles. The van der Waals surface area contributed by atoms with Gasteiger partial charge in [-0.15, -0.1) is 11.3 Å². The summed E-state index contributed by atoms with van der Waals surface area (Å²) in [6, 6.07) is 24.4. The molecule has 0 unspecified atom stereocenters. The number of benzene rings is 3. The molecular weight excluding hydrogens is 606 g/mol. The van der Waals surface area contributed by atoms with E-state index in [1.165, 1.54) is 17.5 Å². The largest absolute Gasteiger partial charge is 0.497 e. The van der Waals surface area contributed by atoms with E-state index in [4.69, 9.17) is 14.1 Å². The van der Waals surface area contributed by atoms with Crippen molar-refractivity contribution >= 4 is 33.5 Å². The number of methoxy groups -OCH3 is 1. The topological polar surface area (TPSA) is 133 Å². The molecule has 0 fully saturated rings. The summed E-state index contributed by atoms with van der Waals surface area (Å²) in [6.45, 7) is 4.46. The Morgan fingerprint density at radius 1 is 1.00 bits per heavy atom. The number of hydrogen-bond donors (Lipinski definition) is 2. The predicted octanol–water partition coefficient (Wildman–Crippen LogP) is 5.35. The maximum Gasteiger partial charge on any atom is 0.439 e. The molecular formula is C34H31N5O6S. The van der Waals surface area contributed by atoms with Crippen molar-refractivity contribution in [3.05, 3.63) is 126 Å². The van der Waals surface area contributed by atoms with Crippen LogP contribution in [0.4, 0.5) is 0 Å². The summed E-state index contributed by atoms with van der Waals surface area (Å²) < 4.78 is 12.8. The smallest absolute Gasteiger partial charge is 0.439 e. The fourth-order valence-corrected chi connectivity index (χ4v) is 6.19. The second-order valence-corrected chi connectivity index (χ2v) is 11.4. The maximum absolute atomic E-state index is 14.1. The second-order valence-electron chi connectivity index (χ2n) is 10.3. The Kier molecular flexibility index (Phi) is 8.81. The lowest BCUT2D eigenvalue weighted by Crippen LogP contribution is -2.37. The highest BCUT2D eigenvalue weighted by atomic mass is 32.1. The van der Waals surface area contributed by atoms with Crippen molar-refractivity contribution in [2.45, 2.75) is 26.8 Å². The van der Waals surface area contributed by atoms with E-state index in [-0.39, 0.29) is 6.54 Å². The minimum absolute atomic E-state index is 0.239. The molecule has 6 rings (SSSR count). The van der Waals surface area contributed by atoms with Gasteiger partial charge in [0.25, 0.3) is 5.56 Å². The molecule has 0 saturated heterocycles. The number of fused-ring (bicyclic) bond motifs is 1. The first-order chi connectivity index (χ1) is 22.4. The molecule has 11 nitrogen and oxygen atoms in total. The zero-order valence-electron chi connectivity index (χ0n) is 25.4. The molecule has 0 aliphatic rings. The van der Waals surface area contributed by atoms with Gasteiger partial charge in [-0.05, 0) is 60.4 Å². The molecule has 2 N–H and O–H groups in total. The normalized spacial score (nSPS) is 11.7. The van der Waals surface area contributed by atoms with E-state index in [1.807, 2.05) is 80.6 Å². The van der Waals surface area contributed by atoms with Gasteiger partial charge in [0.1, 0.15) is 10.6 Å². The number of hydrogen-bond acceptors (Lipinski definition) is 9. The van der Waals surface area contributed by atoms with Crippen LogP contribution in [0.1, 0.15) is 29.9 Å². The predicted molar refractivity (Wildman–Crippen MR) is 179 cm³/mol. The Labute approximate surface area is 266 Å². The minimum atomic E-state index is -0.627. The van der Waals surface area contributed by atoms with Crippen LogP contribution in [-0.4, -0.2) is 33.0 Å². The molecule has 234 valence electrons. The Morgan fingerprint density at radius 2 is 1.74 bits per heavy atom. The standard InChI is InChI=1S/C34H31N5O6S/c1-4-25-18-28-31(40)38(20-29(36-44-5-2)23-14-16-24(43-3)17-15-23)34(42)39(32(28)46-25)19-21-10-12-22(13-11-21)26-8-6-7-9-27(26)30-35-33(41)45-37-30/h6-18,20,36H,4-5,19H2,1-3H3,(H,35,37,41). The fraction of sp³-hybridized carbons (Fsp3) is 0.176. The molecule has 46 heavy (non-hydrogen) atoms. The Balaban J connectivity index is 1.42. The van der Waals surface area contributed by atoms with Crippen molar-refractivity contribution in [2.75, 3.05) is 13.7 Å². The lowest BCUT2D eigenvalue weighted by Gasteiger charge is -2.14. The van der Waals surface area contributed by atoms with E-state index in [2.05, 4.69) is 15.6 Å². The first kappa shape index (κ1) is 30.6. The molecule has 0 radical (unpaired) electrons. The first-order valence-corrected chi connectivity index (χ1v) is 15.5.